The van der Waals surface area contributed by atoms with Gasteiger partial charge in [0.25, 0.3) is 0 Å². The maximum absolute atomic E-state index is 11.2. The lowest BCUT2D eigenvalue weighted by Gasteiger charge is -2.32. The van der Waals surface area contributed by atoms with Crippen molar-refractivity contribution in [1.82, 2.24) is 0 Å². The number of nitrogens with two attached hydrogens (primary N) is 1. The summed E-state index contributed by atoms with van der Waals surface area (Å²) < 4.78 is 48.2. The summed E-state index contributed by atoms with van der Waals surface area (Å²) in [6.07, 6.45) is -4.89. The van der Waals surface area contributed by atoms with E-state index in [9.17, 15) is 4.79 Å². The lowest BCUT2D eigenvalue weighted by atomic mass is 10.0. The predicted molar refractivity (Wildman–Crippen MR) is 59.9 cm³/mol. The van der Waals surface area contributed by atoms with Crippen molar-refractivity contribution in [3.05, 3.63) is 0 Å². The molecule has 0 aliphatic carbocycles. The smallest absolute Gasteiger partial charge is 0.335 e. The number of rotatable bonds is 9. The fraction of sp³-hybridized carbons (Fsp3) is 0.900. The lowest BCUT2D eigenvalue weighted by Crippen LogP contribution is -2.52. The van der Waals surface area contributed by atoms with Gasteiger partial charge in [-0.15, -0.1) is 0 Å². The Morgan fingerprint density at radius 1 is 1.18 bits per heavy atom. The minimum Gasteiger partial charge on any atom is -0.479 e. The van der Waals surface area contributed by atoms with Crippen LogP contribution in [0.2, 0.25) is 0 Å². The first kappa shape index (κ1) is 10.2. The van der Waals surface area contributed by atoms with E-state index in [1.54, 1.807) is 0 Å². The first-order valence-electron chi connectivity index (χ1n) is 7.46. The van der Waals surface area contributed by atoms with Gasteiger partial charge in [0, 0.05) is 34.9 Å². The predicted octanol–water partition coefficient (Wildman–Crippen LogP) is -0.910. The molecule has 7 nitrogen and oxygen atoms in total. The van der Waals surface area contributed by atoms with E-state index in [-0.39, 0.29) is 6.54 Å². The number of ether oxygens (including phenoxy) is 4. The Hall–Kier alpha value is -0.730. The third-order valence-corrected chi connectivity index (χ3v) is 2.24. The molecule has 7 heteroatoms. The largest absolute Gasteiger partial charge is 0.479 e. The highest BCUT2D eigenvalue weighted by Gasteiger charge is 2.39. The number of carbonyl (C=O) groups is 1. The Labute approximate surface area is 106 Å². The van der Waals surface area contributed by atoms with Crippen LogP contribution in [0, 0.1) is 0 Å². The van der Waals surface area contributed by atoms with E-state index < -0.39 is 58.7 Å². The van der Waals surface area contributed by atoms with Crippen LogP contribution in [0.15, 0.2) is 0 Å². The summed E-state index contributed by atoms with van der Waals surface area (Å²) in [7, 11) is -2.17. The van der Waals surface area contributed by atoms with Crippen LogP contribution >= 0.6 is 0 Å². The van der Waals surface area contributed by atoms with Crippen molar-refractivity contribution in [2.45, 2.75) is 24.4 Å². The van der Waals surface area contributed by atoms with Crippen LogP contribution in [-0.2, 0) is 23.7 Å². The molecule has 0 saturated heterocycles. The maximum atomic E-state index is 11.2. The van der Waals surface area contributed by atoms with Crippen LogP contribution in [0.3, 0.4) is 0 Å². The Morgan fingerprint density at radius 3 is 2.24 bits per heavy atom. The molecule has 0 amide bonds. The van der Waals surface area contributed by atoms with E-state index in [0.29, 0.717) is 0 Å². The number of methoxy groups -OCH3 is 4. The molecule has 0 saturated carbocycles. The van der Waals surface area contributed by atoms with Gasteiger partial charge < -0.3 is 29.8 Å². The second kappa shape index (κ2) is 8.37. The highest BCUT2D eigenvalue weighted by atomic mass is 16.6. The van der Waals surface area contributed by atoms with Crippen LogP contribution < -0.4 is 5.73 Å². The van der Waals surface area contributed by atoms with E-state index in [1.807, 2.05) is 0 Å². The van der Waals surface area contributed by atoms with Crippen molar-refractivity contribution in [2.75, 3.05) is 34.9 Å². The highest BCUT2D eigenvalue weighted by Crippen LogP contribution is 2.15. The summed E-state index contributed by atoms with van der Waals surface area (Å²) in [5.74, 6) is -1.40. The van der Waals surface area contributed by atoms with Gasteiger partial charge in [0.05, 0.1) is 11.6 Å². The molecule has 17 heavy (non-hydrogen) atoms. The molecule has 0 unspecified atom stereocenters. The van der Waals surface area contributed by atoms with Gasteiger partial charge in [0.15, 0.2) is 6.10 Å². The third kappa shape index (κ3) is 4.21. The molecule has 0 aliphatic heterocycles. The van der Waals surface area contributed by atoms with Gasteiger partial charge in [-0.3, -0.25) is 0 Å². The second-order valence-corrected chi connectivity index (χ2v) is 3.13. The van der Waals surface area contributed by atoms with Gasteiger partial charge in [-0.05, 0) is 0 Å². The zero-order chi connectivity index (χ0) is 16.3. The molecule has 3 N–H and O–H groups in total. The normalized spacial score (nSPS) is 21.5. The van der Waals surface area contributed by atoms with Crippen molar-refractivity contribution < 1.29 is 34.3 Å². The van der Waals surface area contributed by atoms with Gasteiger partial charge in [0.2, 0.25) is 0 Å². The molecule has 0 fully saturated rings. The summed E-state index contributed by atoms with van der Waals surface area (Å²) in [5, 5.41) is 9.14. The fourth-order valence-electron chi connectivity index (χ4n) is 1.37. The molecule has 0 aliphatic rings. The van der Waals surface area contributed by atoms with Crippen LogP contribution in [0.1, 0.15) is 5.48 Å². The number of aliphatic carboxylic acids is 1. The minimum absolute atomic E-state index is 0.103. The summed E-state index contributed by atoms with van der Waals surface area (Å²) >= 11 is 0. The molecule has 0 aromatic heterocycles. The van der Waals surface area contributed by atoms with Crippen molar-refractivity contribution in [2.24, 2.45) is 5.73 Å². The van der Waals surface area contributed by atoms with Crippen molar-refractivity contribution >= 4 is 5.97 Å². The van der Waals surface area contributed by atoms with Crippen molar-refractivity contribution in [3.63, 3.8) is 0 Å². The first-order chi connectivity index (χ1) is 10.1. The van der Waals surface area contributed by atoms with E-state index >= 15 is 0 Å². The summed E-state index contributed by atoms with van der Waals surface area (Å²) in [4.78, 5) is 11.2. The lowest BCUT2D eigenvalue weighted by molar-refractivity contribution is -0.176. The van der Waals surface area contributed by atoms with E-state index in [4.69, 9.17) is 35.3 Å². The molecule has 0 bridgehead atoms. The number of hydrogen-bond acceptors (Lipinski definition) is 6. The van der Waals surface area contributed by atoms with E-state index in [2.05, 4.69) is 0 Å². The van der Waals surface area contributed by atoms with Crippen molar-refractivity contribution in [1.29, 1.82) is 0 Å². The molecule has 0 aromatic rings. The summed E-state index contributed by atoms with van der Waals surface area (Å²) in [6, 6.07) is 0. The summed E-state index contributed by atoms with van der Waals surface area (Å²) in [5.41, 5.74) is 5.50. The average molecular weight is 255 g/mol. The Balaban J connectivity index is 5.31. The van der Waals surface area contributed by atoms with Crippen LogP contribution in [-0.4, -0.2) is 70.4 Å². The first-order valence-corrected chi connectivity index (χ1v) is 4.63. The summed E-state index contributed by atoms with van der Waals surface area (Å²) in [6.45, 7) is -0.103. The SMILES string of the molecule is [2H]CO[C@@H]([C@H](OC[2H])[C@@H](OC[2H])C(=O)O)[C@@H](CN)OC[2H]. The van der Waals surface area contributed by atoms with Gasteiger partial charge in [-0.2, -0.15) is 0 Å². The molecule has 102 valence electrons. The molecule has 4 atom stereocenters. The van der Waals surface area contributed by atoms with Crippen molar-refractivity contribution in [3.8, 4) is 0 Å². The number of hydrogen-bond donors (Lipinski definition) is 2. The third-order valence-electron chi connectivity index (χ3n) is 2.24. The molecular formula is C10H21NO6. The van der Waals surface area contributed by atoms with Gasteiger partial charge in [-0.25, -0.2) is 4.79 Å². The van der Waals surface area contributed by atoms with Gasteiger partial charge in [0.1, 0.15) is 12.2 Å². The standard InChI is InChI=1S/C10H21NO6/c1-14-6(5-11)7(15-2)8(16-3)9(17-4)10(12)13/h6-9H,5,11H2,1-4H3,(H,12,13)/t6-,7-,8+,9-/m1/s1/i1D,2D,3D,4D. The molecule has 0 radical (unpaired) electrons. The maximum Gasteiger partial charge on any atom is 0.335 e. The van der Waals surface area contributed by atoms with E-state index in [0.717, 1.165) is 0 Å². The number of carboxylic acids is 1. The monoisotopic (exact) mass is 255 g/mol. The highest BCUT2D eigenvalue weighted by molar-refractivity contribution is 5.73. The van der Waals surface area contributed by atoms with Crippen LogP contribution in [0.25, 0.3) is 0 Å². The van der Waals surface area contributed by atoms with E-state index in [1.165, 1.54) is 0 Å². The minimum atomic E-state index is -1.58. The fourth-order valence-corrected chi connectivity index (χ4v) is 1.37. The quantitative estimate of drug-likeness (QED) is 0.550. The van der Waals surface area contributed by atoms with Gasteiger partial charge >= 0.3 is 5.97 Å². The number of carboxylic acid groups (broad SMARTS) is 1. The van der Waals surface area contributed by atoms with Gasteiger partial charge in [-0.1, -0.05) is 0 Å². The molecular weight excluding hydrogens is 230 g/mol. The zero-order valence-electron chi connectivity index (χ0n) is 13.4. The molecule has 0 heterocycles. The van der Waals surface area contributed by atoms with Crippen LogP contribution in [0.4, 0.5) is 0 Å². The molecule has 0 spiro atoms. The molecule has 0 rings (SSSR count). The Kier molecular flexibility index (Phi) is 5.03. The average Bonchev–Trinajstić information content (AvgIpc) is 2.46. The Morgan fingerprint density at radius 2 is 1.76 bits per heavy atom. The topological polar surface area (TPSA) is 100 Å². The zero-order valence-corrected chi connectivity index (χ0v) is 9.41. The Bertz CT molecular complexity index is 288. The second-order valence-electron chi connectivity index (χ2n) is 3.13. The molecule has 0 aromatic carbocycles. The van der Waals surface area contributed by atoms with Crippen LogP contribution in [0.5, 0.6) is 0 Å².